The molecule has 0 bridgehead atoms. The van der Waals surface area contributed by atoms with E-state index >= 15 is 0 Å². The van der Waals surface area contributed by atoms with Crippen molar-refractivity contribution in [2.75, 3.05) is 13.1 Å². The number of rotatable bonds is 7. The smallest absolute Gasteiger partial charge is 0.256 e. The third-order valence-electron chi connectivity index (χ3n) is 4.76. The number of hydrogen-bond donors (Lipinski definition) is 0. The fourth-order valence-electron chi connectivity index (χ4n) is 3.38. The van der Waals surface area contributed by atoms with Crippen molar-refractivity contribution in [1.82, 2.24) is 9.91 Å². The second kappa shape index (κ2) is 8.67. The van der Waals surface area contributed by atoms with Crippen molar-refractivity contribution < 1.29 is 9.21 Å². The molecular formula is C23H23N3O2. The Balaban J connectivity index is 1.45. The second-order valence-electron chi connectivity index (χ2n) is 6.89. The molecule has 4 rings (SSSR count). The zero-order valence-corrected chi connectivity index (χ0v) is 15.7. The van der Waals surface area contributed by atoms with E-state index in [-0.39, 0.29) is 5.91 Å². The molecule has 1 aliphatic rings. The first-order valence-electron chi connectivity index (χ1n) is 9.50. The van der Waals surface area contributed by atoms with Crippen LogP contribution in [0.2, 0.25) is 0 Å². The molecule has 142 valence electrons. The number of hydrazone groups is 1. The van der Waals surface area contributed by atoms with Gasteiger partial charge >= 0.3 is 0 Å². The summed E-state index contributed by atoms with van der Waals surface area (Å²) in [6, 6.07) is 24.0. The zero-order valence-electron chi connectivity index (χ0n) is 15.7. The lowest BCUT2D eigenvalue weighted by Crippen LogP contribution is -2.36. The zero-order chi connectivity index (χ0) is 19.2. The molecule has 28 heavy (non-hydrogen) atoms. The predicted molar refractivity (Wildman–Crippen MR) is 109 cm³/mol. The molecule has 0 spiro atoms. The summed E-state index contributed by atoms with van der Waals surface area (Å²) in [5.41, 5.74) is 3.21. The van der Waals surface area contributed by atoms with Gasteiger partial charge in [0.05, 0.1) is 31.6 Å². The Hall–Kier alpha value is -3.18. The molecule has 0 aliphatic carbocycles. The molecular weight excluding hydrogens is 350 g/mol. The molecule has 0 radical (unpaired) electrons. The molecule has 0 saturated carbocycles. The highest BCUT2D eigenvalue weighted by atomic mass is 16.3. The number of amides is 1. The van der Waals surface area contributed by atoms with E-state index in [1.807, 2.05) is 60.7 Å². The van der Waals surface area contributed by atoms with E-state index in [0.29, 0.717) is 26.2 Å². The van der Waals surface area contributed by atoms with Crippen LogP contribution in [0.25, 0.3) is 0 Å². The summed E-state index contributed by atoms with van der Waals surface area (Å²) >= 11 is 0. The molecule has 2 heterocycles. The van der Waals surface area contributed by atoms with Crippen LogP contribution in [0.15, 0.2) is 88.6 Å². The minimum atomic E-state index is 0.00779. The molecule has 3 aromatic rings. The van der Waals surface area contributed by atoms with Gasteiger partial charge in [0.15, 0.2) is 0 Å². The van der Waals surface area contributed by atoms with Crippen LogP contribution in [0.1, 0.15) is 23.3 Å². The first-order valence-corrected chi connectivity index (χ1v) is 9.50. The number of carbonyl (C=O) groups excluding carboxylic acids is 1. The van der Waals surface area contributed by atoms with Gasteiger partial charge in [-0.05, 0) is 23.3 Å². The van der Waals surface area contributed by atoms with Crippen molar-refractivity contribution in [3.8, 4) is 0 Å². The first-order chi connectivity index (χ1) is 13.8. The van der Waals surface area contributed by atoms with Crippen LogP contribution < -0.4 is 0 Å². The molecule has 2 aromatic carbocycles. The standard InChI is InChI=1S/C23H23N3O2/c27-23(26-14-13-22(24-26)20-10-5-2-6-11-20)18-25(17-21-12-7-15-28-21)16-19-8-3-1-4-9-19/h1-12,15H,13-14,16-18H2. The summed E-state index contributed by atoms with van der Waals surface area (Å²) in [7, 11) is 0. The summed E-state index contributed by atoms with van der Waals surface area (Å²) in [4.78, 5) is 15.0. The van der Waals surface area contributed by atoms with Gasteiger partial charge in [-0.1, -0.05) is 60.7 Å². The van der Waals surface area contributed by atoms with Gasteiger partial charge in [-0.2, -0.15) is 5.10 Å². The Labute approximate surface area is 164 Å². The van der Waals surface area contributed by atoms with Gasteiger partial charge in [-0.3, -0.25) is 9.69 Å². The second-order valence-corrected chi connectivity index (χ2v) is 6.89. The summed E-state index contributed by atoms with van der Waals surface area (Å²) in [5, 5.41) is 6.17. The van der Waals surface area contributed by atoms with Gasteiger partial charge in [-0.25, -0.2) is 5.01 Å². The van der Waals surface area contributed by atoms with Crippen molar-refractivity contribution in [2.45, 2.75) is 19.5 Å². The minimum absolute atomic E-state index is 0.00779. The summed E-state index contributed by atoms with van der Waals surface area (Å²) in [6.07, 6.45) is 2.45. The number of nitrogens with zero attached hydrogens (tertiary/aromatic N) is 3. The Morgan fingerprint density at radius 1 is 0.964 bits per heavy atom. The van der Waals surface area contributed by atoms with E-state index < -0.39 is 0 Å². The maximum absolute atomic E-state index is 12.9. The number of carbonyl (C=O) groups is 1. The van der Waals surface area contributed by atoms with Crippen LogP contribution in [-0.2, 0) is 17.9 Å². The molecule has 5 heteroatoms. The summed E-state index contributed by atoms with van der Waals surface area (Å²) < 4.78 is 5.49. The molecule has 0 saturated heterocycles. The molecule has 0 fully saturated rings. The van der Waals surface area contributed by atoms with Crippen LogP contribution in [0.3, 0.4) is 0 Å². The van der Waals surface area contributed by atoms with Gasteiger partial charge in [0.2, 0.25) is 0 Å². The highest BCUT2D eigenvalue weighted by Gasteiger charge is 2.23. The fourth-order valence-corrected chi connectivity index (χ4v) is 3.38. The SMILES string of the molecule is O=C(CN(Cc1ccccc1)Cc1ccco1)N1CCC(c2ccccc2)=N1. The van der Waals surface area contributed by atoms with Gasteiger partial charge in [0.1, 0.15) is 5.76 Å². The highest BCUT2D eigenvalue weighted by Crippen LogP contribution is 2.16. The van der Waals surface area contributed by atoms with Gasteiger partial charge in [0, 0.05) is 13.0 Å². The third kappa shape index (κ3) is 4.56. The lowest BCUT2D eigenvalue weighted by Gasteiger charge is -2.22. The van der Waals surface area contributed by atoms with Gasteiger partial charge in [0.25, 0.3) is 5.91 Å². The van der Waals surface area contributed by atoms with Gasteiger partial charge in [-0.15, -0.1) is 0 Å². The maximum Gasteiger partial charge on any atom is 0.256 e. The normalized spacial score (nSPS) is 13.8. The lowest BCUT2D eigenvalue weighted by molar-refractivity contribution is -0.132. The third-order valence-corrected chi connectivity index (χ3v) is 4.76. The number of benzene rings is 2. The van der Waals surface area contributed by atoms with E-state index in [0.717, 1.165) is 29.0 Å². The van der Waals surface area contributed by atoms with Crippen molar-refractivity contribution in [2.24, 2.45) is 5.10 Å². The molecule has 5 nitrogen and oxygen atoms in total. The maximum atomic E-state index is 12.9. The number of furan rings is 1. The van der Waals surface area contributed by atoms with E-state index in [9.17, 15) is 4.79 Å². The molecule has 0 unspecified atom stereocenters. The Morgan fingerprint density at radius 3 is 2.43 bits per heavy atom. The first kappa shape index (κ1) is 18.2. The van der Waals surface area contributed by atoms with Crippen LogP contribution in [-0.4, -0.2) is 34.6 Å². The van der Waals surface area contributed by atoms with Crippen molar-refractivity contribution in [3.63, 3.8) is 0 Å². The predicted octanol–water partition coefficient (Wildman–Crippen LogP) is 3.92. The van der Waals surface area contributed by atoms with E-state index in [4.69, 9.17) is 4.42 Å². The van der Waals surface area contributed by atoms with E-state index in [1.165, 1.54) is 0 Å². The quantitative estimate of drug-likeness (QED) is 0.631. The molecule has 1 aliphatic heterocycles. The van der Waals surface area contributed by atoms with Gasteiger partial charge < -0.3 is 4.42 Å². The van der Waals surface area contributed by atoms with Crippen molar-refractivity contribution in [1.29, 1.82) is 0 Å². The number of hydrogen-bond acceptors (Lipinski definition) is 4. The van der Waals surface area contributed by atoms with Crippen LogP contribution in [0.5, 0.6) is 0 Å². The largest absolute Gasteiger partial charge is 0.468 e. The van der Waals surface area contributed by atoms with E-state index in [2.05, 4.69) is 22.1 Å². The van der Waals surface area contributed by atoms with Crippen molar-refractivity contribution in [3.05, 3.63) is 95.9 Å². The van der Waals surface area contributed by atoms with Crippen LogP contribution >= 0.6 is 0 Å². The summed E-state index contributed by atoms with van der Waals surface area (Å²) in [6.45, 7) is 2.18. The van der Waals surface area contributed by atoms with Crippen LogP contribution in [0.4, 0.5) is 0 Å². The molecule has 1 aromatic heterocycles. The Morgan fingerprint density at radius 2 is 1.71 bits per heavy atom. The summed E-state index contributed by atoms with van der Waals surface area (Å²) in [5.74, 6) is 0.854. The minimum Gasteiger partial charge on any atom is -0.468 e. The monoisotopic (exact) mass is 373 g/mol. The van der Waals surface area contributed by atoms with Crippen molar-refractivity contribution >= 4 is 11.6 Å². The highest BCUT2D eigenvalue weighted by molar-refractivity contribution is 6.02. The fraction of sp³-hybridized carbons (Fsp3) is 0.217. The van der Waals surface area contributed by atoms with Crippen LogP contribution in [0, 0.1) is 0 Å². The topological polar surface area (TPSA) is 49.1 Å². The Kier molecular flexibility index (Phi) is 5.64. The average molecular weight is 373 g/mol. The molecule has 0 atom stereocenters. The Bertz CT molecular complexity index is 921. The van der Waals surface area contributed by atoms with E-state index in [1.54, 1.807) is 11.3 Å². The molecule has 0 N–H and O–H groups in total. The molecule has 1 amide bonds. The average Bonchev–Trinajstić information content (AvgIpc) is 3.41. The lowest BCUT2D eigenvalue weighted by atomic mass is 10.1.